The minimum Gasteiger partial charge on any atom is -0.449 e. The van der Waals surface area contributed by atoms with Crippen LogP contribution in [0.3, 0.4) is 0 Å². The van der Waals surface area contributed by atoms with Crippen molar-refractivity contribution in [3.05, 3.63) is 101 Å². The molecule has 0 bridgehead atoms. The number of halogens is 1. The average Bonchev–Trinajstić information content (AvgIpc) is 3.60. The SMILES string of the molecule is COP(=O)(CCOC(=O)Nc1ccc(NC(=O)C(Cc2ccccc2)NC(=O)C=Cc2cc(Cl)ccc2-n2cnnn2)cc1)OC. The van der Waals surface area contributed by atoms with Crippen molar-refractivity contribution in [3.63, 3.8) is 0 Å². The predicted molar refractivity (Wildman–Crippen MR) is 172 cm³/mol. The first-order chi connectivity index (χ1) is 22.2. The van der Waals surface area contributed by atoms with Crippen LogP contribution in [-0.4, -0.2) is 71.1 Å². The van der Waals surface area contributed by atoms with Crippen molar-refractivity contribution in [2.45, 2.75) is 12.5 Å². The first kappa shape index (κ1) is 34.0. The molecule has 3 amide bonds. The molecule has 3 aromatic carbocycles. The Morgan fingerprint density at radius 2 is 1.67 bits per heavy atom. The van der Waals surface area contributed by atoms with Crippen LogP contribution in [0.2, 0.25) is 5.02 Å². The zero-order chi connectivity index (χ0) is 32.9. The van der Waals surface area contributed by atoms with Gasteiger partial charge in [-0.05, 0) is 64.5 Å². The Morgan fingerprint density at radius 1 is 0.978 bits per heavy atom. The van der Waals surface area contributed by atoms with Crippen molar-refractivity contribution in [1.29, 1.82) is 0 Å². The van der Waals surface area contributed by atoms with Gasteiger partial charge in [0.1, 0.15) is 19.0 Å². The monoisotopic (exact) mass is 667 g/mol. The molecule has 14 nitrogen and oxygen atoms in total. The second-order valence-corrected chi connectivity index (χ2v) is 12.4. The van der Waals surface area contributed by atoms with E-state index in [9.17, 15) is 18.9 Å². The van der Waals surface area contributed by atoms with Crippen LogP contribution in [0.5, 0.6) is 0 Å². The highest BCUT2D eigenvalue weighted by Gasteiger charge is 2.22. The molecule has 1 heterocycles. The van der Waals surface area contributed by atoms with Crippen LogP contribution in [0.15, 0.2) is 85.2 Å². The molecule has 3 N–H and O–H groups in total. The van der Waals surface area contributed by atoms with Crippen LogP contribution in [0, 0.1) is 0 Å². The molecule has 46 heavy (non-hydrogen) atoms. The minimum atomic E-state index is -3.30. The number of benzene rings is 3. The maximum absolute atomic E-state index is 13.4. The fourth-order valence-electron chi connectivity index (χ4n) is 4.11. The molecular weight excluding hydrogens is 637 g/mol. The number of anilines is 2. The summed E-state index contributed by atoms with van der Waals surface area (Å²) < 4.78 is 28.1. The maximum atomic E-state index is 13.4. The van der Waals surface area contributed by atoms with Crippen molar-refractivity contribution in [3.8, 4) is 5.69 Å². The Bertz CT molecular complexity index is 1700. The van der Waals surface area contributed by atoms with E-state index in [1.807, 2.05) is 30.3 Å². The van der Waals surface area contributed by atoms with Gasteiger partial charge in [-0.15, -0.1) is 5.10 Å². The third-order valence-corrected chi connectivity index (χ3v) is 8.55. The number of hydrogen-bond donors (Lipinski definition) is 3. The van der Waals surface area contributed by atoms with Gasteiger partial charge in [0.2, 0.25) is 11.8 Å². The van der Waals surface area contributed by atoms with Gasteiger partial charge < -0.3 is 24.4 Å². The van der Waals surface area contributed by atoms with Crippen molar-refractivity contribution < 1.29 is 32.7 Å². The molecule has 4 aromatic rings. The summed E-state index contributed by atoms with van der Waals surface area (Å²) in [5.41, 5.74) is 2.85. The smallest absolute Gasteiger partial charge is 0.411 e. The molecule has 0 radical (unpaired) electrons. The zero-order valence-electron chi connectivity index (χ0n) is 24.8. The number of tetrazole rings is 1. The fourth-order valence-corrected chi connectivity index (χ4v) is 5.12. The van der Waals surface area contributed by atoms with E-state index < -0.39 is 31.5 Å². The van der Waals surface area contributed by atoms with Gasteiger partial charge in [0.15, 0.2) is 0 Å². The lowest BCUT2D eigenvalue weighted by Gasteiger charge is -2.18. The molecule has 0 aliphatic carbocycles. The highest BCUT2D eigenvalue weighted by Crippen LogP contribution is 2.45. The summed E-state index contributed by atoms with van der Waals surface area (Å²) in [4.78, 5) is 38.5. The Balaban J connectivity index is 1.39. The number of amides is 3. The fraction of sp³-hybridized carbons (Fsp3) is 0.200. The van der Waals surface area contributed by atoms with Crippen molar-refractivity contribution >= 4 is 54.6 Å². The van der Waals surface area contributed by atoms with E-state index in [4.69, 9.17) is 25.4 Å². The number of rotatable bonds is 14. The van der Waals surface area contributed by atoms with Gasteiger partial charge in [-0.3, -0.25) is 19.5 Å². The molecule has 1 unspecified atom stereocenters. The lowest BCUT2D eigenvalue weighted by atomic mass is 10.0. The standard InChI is InChI=1S/C30H31ClN7O7P/c1-43-46(42,44-2)17-16-45-30(41)34-25-12-10-24(11-13-25)33-29(40)26(18-21-6-4-3-5-7-21)35-28(39)15-8-22-19-23(31)9-14-27(22)38-20-32-36-37-38/h3-15,19-20,26H,16-18H2,1-2H3,(H,33,40)(H,34,41)(H,35,39). The summed E-state index contributed by atoms with van der Waals surface area (Å²) >= 11 is 6.17. The lowest BCUT2D eigenvalue weighted by molar-refractivity contribution is -0.123. The van der Waals surface area contributed by atoms with E-state index >= 15 is 0 Å². The number of hydrogen-bond acceptors (Lipinski definition) is 10. The van der Waals surface area contributed by atoms with Crippen molar-refractivity contribution in [2.24, 2.45) is 0 Å². The average molecular weight is 668 g/mol. The number of nitrogens with one attached hydrogen (secondary N) is 3. The van der Waals surface area contributed by atoms with Gasteiger partial charge in [-0.2, -0.15) is 4.68 Å². The van der Waals surface area contributed by atoms with Gasteiger partial charge >= 0.3 is 13.7 Å². The second kappa shape index (κ2) is 16.4. The Labute approximate surface area is 269 Å². The molecule has 0 spiro atoms. The van der Waals surface area contributed by atoms with E-state index in [0.29, 0.717) is 27.6 Å². The Kier molecular flexibility index (Phi) is 12.1. The van der Waals surface area contributed by atoms with E-state index in [0.717, 1.165) is 5.56 Å². The number of carbonyl (C=O) groups excluding carboxylic acids is 3. The Morgan fingerprint density at radius 3 is 2.33 bits per heavy atom. The molecule has 0 saturated heterocycles. The molecule has 0 fully saturated rings. The Hall–Kier alpha value is -4.88. The van der Waals surface area contributed by atoms with Crippen LogP contribution >= 0.6 is 19.2 Å². The number of carbonyl (C=O) groups is 3. The molecule has 1 aromatic heterocycles. The van der Waals surface area contributed by atoms with Gasteiger partial charge in [0, 0.05) is 48.7 Å². The van der Waals surface area contributed by atoms with Crippen molar-refractivity contribution in [2.75, 3.05) is 37.6 Å². The third-order valence-electron chi connectivity index (χ3n) is 6.47. The first-order valence-corrected chi connectivity index (χ1v) is 15.9. The van der Waals surface area contributed by atoms with E-state index in [2.05, 4.69) is 31.5 Å². The minimum absolute atomic E-state index is 0.1000. The number of nitrogens with zero attached hydrogens (tertiary/aromatic N) is 4. The lowest BCUT2D eigenvalue weighted by Crippen LogP contribution is -2.44. The van der Waals surface area contributed by atoms with Gasteiger partial charge in [-0.25, -0.2) is 4.79 Å². The molecule has 0 saturated carbocycles. The zero-order valence-corrected chi connectivity index (χ0v) is 26.5. The van der Waals surface area contributed by atoms with Crippen LogP contribution in [-0.2, 0) is 34.4 Å². The van der Waals surface area contributed by atoms with Gasteiger partial charge in [-0.1, -0.05) is 41.9 Å². The van der Waals surface area contributed by atoms with Crippen LogP contribution < -0.4 is 16.0 Å². The summed E-state index contributed by atoms with van der Waals surface area (Å²) in [7, 11) is -0.804. The van der Waals surface area contributed by atoms with Crippen molar-refractivity contribution in [1.82, 2.24) is 25.5 Å². The van der Waals surface area contributed by atoms with Gasteiger partial charge in [0.25, 0.3) is 0 Å². The molecule has 0 aliphatic heterocycles. The van der Waals surface area contributed by atoms with Crippen LogP contribution in [0.1, 0.15) is 11.1 Å². The van der Waals surface area contributed by atoms with E-state index in [1.165, 1.54) is 31.3 Å². The van der Waals surface area contributed by atoms with E-state index in [1.54, 1.807) is 48.5 Å². The first-order valence-electron chi connectivity index (χ1n) is 13.8. The summed E-state index contributed by atoms with van der Waals surface area (Å²) in [5.74, 6) is -0.965. The van der Waals surface area contributed by atoms with E-state index in [-0.39, 0.29) is 19.2 Å². The quantitative estimate of drug-likeness (QED) is 0.126. The highest BCUT2D eigenvalue weighted by atomic mass is 35.5. The summed E-state index contributed by atoms with van der Waals surface area (Å²) in [6, 6.07) is 19.7. The van der Waals surface area contributed by atoms with Crippen LogP contribution in [0.4, 0.5) is 16.2 Å². The third kappa shape index (κ3) is 10.1. The maximum Gasteiger partial charge on any atom is 0.411 e. The highest BCUT2D eigenvalue weighted by molar-refractivity contribution is 7.53. The predicted octanol–water partition coefficient (Wildman–Crippen LogP) is 4.73. The van der Waals surface area contributed by atoms with Gasteiger partial charge in [0.05, 0.1) is 11.8 Å². The number of ether oxygens (including phenoxy) is 1. The summed E-state index contributed by atoms with van der Waals surface area (Å²) in [5, 5.41) is 19.7. The normalized spacial score (nSPS) is 12.0. The second-order valence-electron chi connectivity index (χ2n) is 9.57. The topological polar surface area (TPSA) is 176 Å². The molecule has 0 aliphatic rings. The number of aromatic nitrogens is 4. The largest absolute Gasteiger partial charge is 0.449 e. The summed E-state index contributed by atoms with van der Waals surface area (Å²) in [6.45, 7) is -0.178. The van der Waals surface area contributed by atoms with Crippen LogP contribution in [0.25, 0.3) is 11.8 Å². The molecule has 1 atom stereocenters. The molecular formula is C30H31ClN7O7P. The molecule has 4 rings (SSSR count). The molecule has 16 heteroatoms. The summed E-state index contributed by atoms with van der Waals surface area (Å²) in [6.07, 6.45) is 3.63. The molecule has 240 valence electrons.